The third kappa shape index (κ3) is 4.16. The van der Waals surface area contributed by atoms with Gasteiger partial charge >= 0.3 is 0 Å². The number of rotatable bonds is 7. The Morgan fingerprint density at radius 2 is 2.03 bits per heavy atom. The zero-order chi connectivity index (χ0) is 21.1. The van der Waals surface area contributed by atoms with Gasteiger partial charge in [0.25, 0.3) is 5.56 Å². The minimum absolute atomic E-state index is 0.103. The normalized spacial score (nSPS) is 11.3. The van der Waals surface area contributed by atoms with E-state index in [-0.39, 0.29) is 29.8 Å². The lowest BCUT2D eigenvalue weighted by atomic mass is 10.2. The van der Waals surface area contributed by atoms with Crippen molar-refractivity contribution in [2.75, 3.05) is 11.1 Å². The maximum Gasteiger partial charge on any atom is 0.262 e. The molecule has 0 radical (unpaired) electrons. The first-order chi connectivity index (χ1) is 14.5. The van der Waals surface area contributed by atoms with E-state index in [0.29, 0.717) is 27.6 Å². The van der Waals surface area contributed by atoms with Gasteiger partial charge in [0, 0.05) is 12.1 Å². The third-order valence-electron chi connectivity index (χ3n) is 4.48. The summed E-state index contributed by atoms with van der Waals surface area (Å²) in [5.41, 5.74) is 0.428. The summed E-state index contributed by atoms with van der Waals surface area (Å²) in [4.78, 5) is 30.2. The van der Waals surface area contributed by atoms with Crippen molar-refractivity contribution in [3.8, 4) is 0 Å². The van der Waals surface area contributed by atoms with Crippen LogP contribution in [0.1, 0.15) is 25.6 Å². The second kappa shape index (κ2) is 8.58. The number of carbonyl (C=O) groups is 1. The topological polar surface area (TPSA) is 95.0 Å². The fourth-order valence-electron chi connectivity index (χ4n) is 3.09. The minimum atomic E-state index is -0.200. The van der Waals surface area contributed by atoms with Crippen LogP contribution in [0.25, 0.3) is 10.9 Å². The molecule has 3 heterocycles. The Kier molecular flexibility index (Phi) is 5.71. The molecule has 0 aliphatic rings. The first-order valence-electron chi connectivity index (χ1n) is 9.51. The number of thioether (sulfide) groups is 1. The van der Waals surface area contributed by atoms with Crippen LogP contribution in [0.4, 0.5) is 5.82 Å². The van der Waals surface area contributed by atoms with Crippen molar-refractivity contribution >= 4 is 34.4 Å². The predicted octanol–water partition coefficient (Wildman–Crippen LogP) is 3.55. The van der Waals surface area contributed by atoms with E-state index in [1.165, 1.54) is 16.3 Å². The average molecular weight is 423 g/mol. The van der Waals surface area contributed by atoms with Gasteiger partial charge in [0.2, 0.25) is 5.91 Å². The first-order valence-corrected chi connectivity index (χ1v) is 10.5. The van der Waals surface area contributed by atoms with Gasteiger partial charge in [0.05, 0.1) is 35.7 Å². The van der Waals surface area contributed by atoms with E-state index < -0.39 is 0 Å². The summed E-state index contributed by atoms with van der Waals surface area (Å²) >= 11 is 1.21. The van der Waals surface area contributed by atoms with E-state index in [1.807, 2.05) is 19.9 Å². The quantitative estimate of drug-likeness (QED) is 0.361. The molecule has 0 aliphatic heterocycles. The summed E-state index contributed by atoms with van der Waals surface area (Å²) in [6.07, 6.45) is 3.21. The van der Waals surface area contributed by atoms with Crippen LogP contribution in [0, 0.1) is 0 Å². The van der Waals surface area contributed by atoms with Crippen molar-refractivity contribution in [2.45, 2.75) is 31.6 Å². The Morgan fingerprint density at radius 1 is 1.20 bits per heavy atom. The fourth-order valence-corrected chi connectivity index (χ4v) is 3.89. The lowest BCUT2D eigenvalue weighted by molar-refractivity contribution is -0.113. The summed E-state index contributed by atoms with van der Waals surface area (Å²) < 4.78 is 8.68. The lowest BCUT2D eigenvalue weighted by Gasteiger charge is -2.13. The minimum Gasteiger partial charge on any atom is -0.467 e. The molecule has 1 N–H and O–H groups in total. The maximum atomic E-state index is 13.1. The highest BCUT2D eigenvalue weighted by Gasteiger charge is 2.15. The number of furan rings is 1. The van der Waals surface area contributed by atoms with E-state index in [9.17, 15) is 9.59 Å². The standard InChI is InChI=1S/C21H21N5O3S/c1-14(2)26-18(9-10-22-26)24-19(27)13-30-21-23-17-8-4-3-7-16(17)20(28)25(21)12-15-6-5-11-29-15/h3-11,14H,12-13H2,1-2H3,(H,24,27). The van der Waals surface area contributed by atoms with Crippen LogP contribution in [0.5, 0.6) is 0 Å². The number of para-hydroxylation sites is 1. The van der Waals surface area contributed by atoms with Crippen LogP contribution in [0.15, 0.2) is 69.3 Å². The highest BCUT2D eigenvalue weighted by Crippen LogP contribution is 2.20. The van der Waals surface area contributed by atoms with Crippen LogP contribution < -0.4 is 10.9 Å². The summed E-state index contributed by atoms with van der Waals surface area (Å²) in [5.74, 6) is 1.18. The molecule has 0 saturated carbocycles. The second-order valence-electron chi connectivity index (χ2n) is 6.97. The Labute approximate surface area is 176 Å². The van der Waals surface area contributed by atoms with Crippen molar-refractivity contribution in [3.05, 3.63) is 71.0 Å². The number of fused-ring (bicyclic) bond motifs is 1. The molecule has 4 aromatic rings. The number of benzene rings is 1. The number of aromatic nitrogens is 4. The van der Waals surface area contributed by atoms with Gasteiger partial charge in [-0.2, -0.15) is 5.10 Å². The lowest BCUT2D eigenvalue weighted by Crippen LogP contribution is -2.25. The monoisotopic (exact) mass is 423 g/mol. The molecule has 0 aliphatic carbocycles. The Morgan fingerprint density at radius 3 is 2.80 bits per heavy atom. The molecule has 3 aromatic heterocycles. The molecule has 4 rings (SSSR count). The van der Waals surface area contributed by atoms with E-state index in [1.54, 1.807) is 53.5 Å². The smallest absolute Gasteiger partial charge is 0.262 e. The molecule has 1 amide bonds. The summed E-state index contributed by atoms with van der Waals surface area (Å²) in [7, 11) is 0. The second-order valence-corrected chi connectivity index (χ2v) is 7.92. The van der Waals surface area contributed by atoms with Crippen LogP contribution in [-0.2, 0) is 11.3 Å². The first kappa shape index (κ1) is 20.0. The molecular weight excluding hydrogens is 402 g/mol. The van der Waals surface area contributed by atoms with Crippen LogP contribution in [0.3, 0.4) is 0 Å². The molecule has 0 atom stereocenters. The number of anilines is 1. The van der Waals surface area contributed by atoms with Gasteiger partial charge in [-0.25, -0.2) is 9.67 Å². The molecule has 0 unspecified atom stereocenters. The van der Waals surface area contributed by atoms with Gasteiger partial charge < -0.3 is 9.73 Å². The third-order valence-corrected chi connectivity index (χ3v) is 5.46. The van der Waals surface area contributed by atoms with Crippen LogP contribution in [0.2, 0.25) is 0 Å². The number of amides is 1. The summed E-state index contributed by atoms with van der Waals surface area (Å²) in [5, 5.41) is 8.07. The molecule has 30 heavy (non-hydrogen) atoms. The Hall–Kier alpha value is -3.33. The number of hydrogen-bond acceptors (Lipinski definition) is 6. The van der Waals surface area contributed by atoms with Gasteiger partial charge in [0.15, 0.2) is 5.16 Å². The van der Waals surface area contributed by atoms with Crippen molar-refractivity contribution < 1.29 is 9.21 Å². The largest absolute Gasteiger partial charge is 0.467 e. The van der Waals surface area contributed by atoms with Crippen LogP contribution >= 0.6 is 11.8 Å². The van der Waals surface area contributed by atoms with Crippen molar-refractivity contribution in [2.24, 2.45) is 0 Å². The summed E-state index contributed by atoms with van der Waals surface area (Å²) in [6.45, 7) is 4.22. The van der Waals surface area contributed by atoms with E-state index in [0.717, 1.165) is 0 Å². The molecule has 9 heteroatoms. The SMILES string of the molecule is CC(C)n1nccc1NC(=O)CSc1nc2ccccc2c(=O)n1Cc1ccco1. The Balaban J connectivity index is 1.59. The van der Waals surface area contributed by atoms with E-state index >= 15 is 0 Å². The van der Waals surface area contributed by atoms with Crippen molar-refractivity contribution in [1.82, 2.24) is 19.3 Å². The highest BCUT2D eigenvalue weighted by atomic mass is 32.2. The molecule has 154 valence electrons. The molecule has 0 fully saturated rings. The van der Waals surface area contributed by atoms with Gasteiger partial charge in [-0.3, -0.25) is 14.2 Å². The predicted molar refractivity (Wildman–Crippen MR) is 116 cm³/mol. The number of nitrogens with zero attached hydrogens (tertiary/aromatic N) is 4. The molecule has 1 aromatic carbocycles. The van der Waals surface area contributed by atoms with Gasteiger partial charge in [-0.05, 0) is 38.1 Å². The zero-order valence-electron chi connectivity index (χ0n) is 16.6. The highest BCUT2D eigenvalue weighted by molar-refractivity contribution is 7.99. The number of carbonyl (C=O) groups excluding carboxylic acids is 1. The van der Waals surface area contributed by atoms with Crippen molar-refractivity contribution in [3.63, 3.8) is 0 Å². The van der Waals surface area contributed by atoms with Crippen molar-refractivity contribution in [1.29, 1.82) is 0 Å². The van der Waals surface area contributed by atoms with E-state index in [4.69, 9.17) is 4.42 Å². The van der Waals surface area contributed by atoms with Gasteiger partial charge in [0.1, 0.15) is 11.6 Å². The summed E-state index contributed by atoms with van der Waals surface area (Å²) in [6, 6.07) is 12.6. The molecule has 8 nitrogen and oxygen atoms in total. The van der Waals surface area contributed by atoms with Gasteiger partial charge in [-0.15, -0.1) is 0 Å². The number of hydrogen-bond donors (Lipinski definition) is 1. The fraction of sp³-hybridized carbons (Fsp3) is 0.238. The van der Waals surface area contributed by atoms with Gasteiger partial charge in [-0.1, -0.05) is 23.9 Å². The average Bonchev–Trinajstić information content (AvgIpc) is 3.41. The van der Waals surface area contributed by atoms with Crippen LogP contribution in [-0.4, -0.2) is 31.0 Å². The Bertz CT molecular complexity index is 1230. The molecule has 0 saturated heterocycles. The molecule has 0 spiro atoms. The molecular formula is C21H21N5O3S. The maximum absolute atomic E-state index is 13.1. The zero-order valence-corrected chi connectivity index (χ0v) is 17.4. The number of nitrogens with one attached hydrogen (secondary N) is 1. The van der Waals surface area contributed by atoms with E-state index in [2.05, 4.69) is 15.4 Å². The molecule has 0 bridgehead atoms.